The maximum atomic E-state index is 4.97. The summed E-state index contributed by atoms with van der Waals surface area (Å²) in [7, 11) is 0. The molecule has 70 valence electrons. The molecule has 1 atom stereocenters. The molecule has 0 aliphatic carbocycles. The molecule has 2 heteroatoms. The van der Waals surface area contributed by atoms with Crippen LogP contribution in [0.2, 0.25) is 0 Å². The minimum Gasteiger partial charge on any atom is -0.233 e. The first-order valence-electron chi connectivity index (χ1n) is 4.70. The van der Waals surface area contributed by atoms with E-state index in [1.807, 2.05) is 12.1 Å². The second-order valence-electron chi connectivity index (χ2n) is 3.48. The first kappa shape index (κ1) is 7.97. The predicted octanol–water partition coefficient (Wildman–Crippen LogP) is 2.84. The van der Waals surface area contributed by atoms with Crippen LogP contribution in [0.3, 0.4) is 0 Å². The maximum Gasteiger partial charge on any atom is 0.144 e. The van der Waals surface area contributed by atoms with Gasteiger partial charge in [-0.3, -0.25) is 0 Å². The fourth-order valence-electron chi connectivity index (χ4n) is 1.70. The molecule has 3 rings (SSSR count). The van der Waals surface area contributed by atoms with Crippen molar-refractivity contribution in [2.24, 2.45) is 0 Å². The summed E-state index contributed by atoms with van der Waals surface area (Å²) < 4.78 is 0. The van der Waals surface area contributed by atoms with Crippen LogP contribution >= 0.6 is 0 Å². The highest BCUT2D eigenvalue weighted by Crippen LogP contribution is 2.28. The van der Waals surface area contributed by atoms with Crippen molar-refractivity contribution in [1.82, 2.24) is 0 Å². The molecule has 1 saturated heterocycles. The zero-order chi connectivity index (χ0) is 9.38. The molecule has 1 unspecified atom stereocenters. The van der Waals surface area contributed by atoms with Gasteiger partial charge in [-0.1, -0.05) is 36.4 Å². The topological polar surface area (TPSA) is 18.5 Å². The summed E-state index contributed by atoms with van der Waals surface area (Å²) in [6.07, 6.45) is 0.125. The zero-order valence-electron chi connectivity index (χ0n) is 7.64. The first-order valence-corrected chi connectivity index (χ1v) is 4.70. The molecule has 1 heterocycles. The zero-order valence-corrected chi connectivity index (χ0v) is 7.64. The molecule has 2 aromatic carbocycles. The van der Waals surface area contributed by atoms with Crippen LogP contribution in [0.1, 0.15) is 11.7 Å². The average Bonchev–Trinajstić information content (AvgIpc) is 2.15. The molecule has 1 aliphatic rings. The number of rotatable bonds is 1. The Morgan fingerprint density at radius 3 is 2.50 bits per heavy atom. The summed E-state index contributed by atoms with van der Waals surface area (Å²) in [5.74, 6) is 0. The Balaban J connectivity index is 2.10. The fraction of sp³-hybridized carbons (Fsp3) is 0.167. The summed E-state index contributed by atoms with van der Waals surface area (Å²) in [5.41, 5.74) is 1.19. The smallest absolute Gasteiger partial charge is 0.144 e. The third-order valence-corrected chi connectivity index (χ3v) is 2.55. The summed E-state index contributed by atoms with van der Waals surface area (Å²) in [4.78, 5) is 9.67. The quantitative estimate of drug-likeness (QED) is 0.637. The lowest BCUT2D eigenvalue weighted by molar-refractivity contribution is -0.429. The lowest BCUT2D eigenvalue weighted by Crippen LogP contribution is -2.22. The number of hydrogen-bond donors (Lipinski definition) is 0. The van der Waals surface area contributed by atoms with Crippen LogP contribution in [0.15, 0.2) is 42.5 Å². The van der Waals surface area contributed by atoms with Gasteiger partial charge in [-0.15, -0.1) is 0 Å². The number of fused-ring (bicyclic) bond motifs is 1. The normalized spacial score (nSPS) is 20.7. The van der Waals surface area contributed by atoms with Crippen LogP contribution < -0.4 is 0 Å². The van der Waals surface area contributed by atoms with Gasteiger partial charge in [-0.05, 0) is 22.4 Å². The van der Waals surface area contributed by atoms with Crippen molar-refractivity contribution in [3.05, 3.63) is 48.0 Å². The molecule has 0 spiro atoms. The summed E-state index contributed by atoms with van der Waals surface area (Å²) >= 11 is 0. The van der Waals surface area contributed by atoms with E-state index in [0.717, 1.165) is 0 Å². The van der Waals surface area contributed by atoms with E-state index >= 15 is 0 Å². The molecule has 0 bridgehead atoms. The molecule has 0 N–H and O–H groups in total. The largest absolute Gasteiger partial charge is 0.233 e. The second kappa shape index (κ2) is 3.08. The minimum atomic E-state index is 0.125. The van der Waals surface area contributed by atoms with E-state index in [-0.39, 0.29) is 6.10 Å². The molecule has 0 aromatic heterocycles. The lowest BCUT2D eigenvalue weighted by Gasteiger charge is -2.24. The van der Waals surface area contributed by atoms with Gasteiger partial charge >= 0.3 is 0 Å². The van der Waals surface area contributed by atoms with E-state index < -0.39 is 0 Å². The Bertz CT molecular complexity index is 461. The van der Waals surface area contributed by atoms with Crippen LogP contribution in [0.5, 0.6) is 0 Å². The predicted molar refractivity (Wildman–Crippen MR) is 53.7 cm³/mol. The molecule has 0 radical (unpaired) electrons. The summed E-state index contributed by atoms with van der Waals surface area (Å²) in [6.45, 7) is 0.665. The standard InChI is InChI=1S/C12H10O2/c1-2-4-10-7-11(12-8-13-14-12)6-5-9(10)3-1/h1-7,12H,8H2. The van der Waals surface area contributed by atoms with Gasteiger partial charge in [0, 0.05) is 0 Å². The van der Waals surface area contributed by atoms with Crippen molar-refractivity contribution in [1.29, 1.82) is 0 Å². The molecule has 1 fully saturated rings. The third kappa shape index (κ3) is 1.20. The highest BCUT2D eigenvalue weighted by Gasteiger charge is 2.22. The first-order chi connectivity index (χ1) is 6.93. The van der Waals surface area contributed by atoms with Gasteiger partial charge in [0.05, 0.1) is 0 Å². The van der Waals surface area contributed by atoms with Gasteiger partial charge in [0.15, 0.2) is 0 Å². The number of benzene rings is 2. The van der Waals surface area contributed by atoms with Crippen LogP contribution in [-0.4, -0.2) is 6.61 Å². The molecule has 0 amide bonds. The monoisotopic (exact) mass is 186 g/mol. The Labute approximate surface area is 82.0 Å². The van der Waals surface area contributed by atoms with E-state index in [9.17, 15) is 0 Å². The van der Waals surface area contributed by atoms with Gasteiger partial charge in [0.25, 0.3) is 0 Å². The van der Waals surface area contributed by atoms with E-state index in [4.69, 9.17) is 9.78 Å². The van der Waals surface area contributed by atoms with Crippen LogP contribution in [0.4, 0.5) is 0 Å². The van der Waals surface area contributed by atoms with Gasteiger partial charge in [0.2, 0.25) is 0 Å². The van der Waals surface area contributed by atoms with Crippen molar-refractivity contribution in [3.8, 4) is 0 Å². The van der Waals surface area contributed by atoms with Gasteiger partial charge in [-0.2, -0.15) is 0 Å². The third-order valence-electron chi connectivity index (χ3n) is 2.55. The minimum absolute atomic E-state index is 0.125. The van der Waals surface area contributed by atoms with E-state index in [1.165, 1.54) is 16.3 Å². The van der Waals surface area contributed by atoms with Crippen molar-refractivity contribution in [2.45, 2.75) is 6.10 Å². The molecule has 2 nitrogen and oxygen atoms in total. The average molecular weight is 186 g/mol. The second-order valence-corrected chi connectivity index (χ2v) is 3.48. The molecule has 2 aromatic rings. The van der Waals surface area contributed by atoms with Crippen LogP contribution in [0, 0.1) is 0 Å². The Morgan fingerprint density at radius 2 is 1.79 bits per heavy atom. The lowest BCUT2D eigenvalue weighted by atomic mass is 10.0. The van der Waals surface area contributed by atoms with Gasteiger partial charge in [-0.25, -0.2) is 9.78 Å². The Hall–Kier alpha value is -1.38. The molecular weight excluding hydrogens is 176 g/mol. The molecule has 14 heavy (non-hydrogen) atoms. The van der Waals surface area contributed by atoms with Crippen molar-refractivity contribution in [3.63, 3.8) is 0 Å². The molecule has 0 saturated carbocycles. The van der Waals surface area contributed by atoms with Crippen molar-refractivity contribution in [2.75, 3.05) is 6.61 Å². The Kier molecular flexibility index (Phi) is 1.76. The SMILES string of the molecule is c1ccc2cc(C3COO3)ccc2c1. The van der Waals surface area contributed by atoms with Gasteiger partial charge < -0.3 is 0 Å². The van der Waals surface area contributed by atoms with Crippen molar-refractivity contribution < 1.29 is 9.78 Å². The Morgan fingerprint density at radius 1 is 1.00 bits per heavy atom. The van der Waals surface area contributed by atoms with Crippen LogP contribution in [0.25, 0.3) is 10.8 Å². The summed E-state index contributed by atoms with van der Waals surface area (Å²) in [5, 5.41) is 2.51. The highest BCUT2D eigenvalue weighted by atomic mass is 17.2. The van der Waals surface area contributed by atoms with Gasteiger partial charge in [0.1, 0.15) is 12.7 Å². The fourth-order valence-corrected chi connectivity index (χ4v) is 1.70. The summed E-state index contributed by atoms with van der Waals surface area (Å²) in [6, 6.07) is 14.7. The van der Waals surface area contributed by atoms with E-state index in [1.54, 1.807) is 0 Å². The van der Waals surface area contributed by atoms with E-state index in [2.05, 4.69) is 30.3 Å². The maximum absolute atomic E-state index is 4.97. The van der Waals surface area contributed by atoms with E-state index in [0.29, 0.717) is 6.61 Å². The highest BCUT2D eigenvalue weighted by molar-refractivity contribution is 5.83. The molecule has 1 aliphatic heterocycles. The van der Waals surface area contributed by atoms with Crippen molar-refractivity contribution >= 4 is 10.8 Å². The van der Waals surface area contributed by atoms with Crippen LogP contribution in [-0.2, 0) is 9.78 Å². The molecular formula is C12H10O2. The number of hydrogen-bond acceptors (Lipinski definition) is 2.